The molecule has 0 radical (unpaired) electrons. The third-order valence-corrected chi connectivity index (χ3v) is 6.34. The van der Waals surface area contributed by atoms with Crippen molar-refractivity contribution >= 4 is 31.6 Å². The highest BCUT2D eigenvalue weighted by molar-refractivity contribution is 7.71. The van der Waals surface area contributed by atoms with Crippen molar-refractivity contribution in [3.63, 3.8) is 0 Å². The van der Waals surface area contributed by atoms with E-state index in [9.17, 15) is 19.6 Å². The van der Waals surface area contributed by atoms with Crippen molar-refractivity contribution in [2.24, 2.45) is 0 Å². The second-order valence-electron chi connectivity index (χ2n) is 6.49. The first-order chi connectivity index (χ1) is 13.7. The zero-order valence-electron chi connectivity index (χ0n) is 14.7. The van der Waals surface area contributed by atoms with Crippen LogP contribution in [0.4, 0.5) is 0 Å². The highest BCUT2D eigenvalue weighted by Gasteiger charge is 2.50. The largest absolute Gasteiger partial charge is 0.534 e. The molecule has 3 heterocycles. The van der Waals surface area contributed by atoms with Gasteiger partial charge in [0, 0.05) is 22.8 Å². The Labute approximate surface area is 174 Å². The van der Waals surface area contributed by atoms with Crippen LogP contribution in [-0.2, 0) is 25.0 Å². The van der Waals surface area contributed by atoms with Gasteiger partial charge in [-0.1, -0.05) is 11.6 Å². The van der Waals surface area contributed by atoms with E-state index in [0.29, 0.717) is 17.0 Å². The number of phosphoric ester groups is 1. The van der Waals surface area contributed by atoms with Crippen LogP contribution < -0.4 is 10.1 Å². The molecule has 13 heteroatoms. The summed E-state index contributed by atoms with van der Waals surface area (Å²) < 4.78 is 35.2. The number of halogens is 1. The normalized spacial score (nSPS) is 26.7. The number of fused-ring (bicyclic) bond motifs is 1. The van der Waals surface area contributed by atoms with Gasteiger partial charge in [0.1, 0.15) is 18.1 Å². The number of hydrogen-bond acceptors (Lipinski definition) is 9. The highest BCUT2D eigenvalue weighted by Crippen LogP contribution is 2.57. The lowest BCUT2D eigenvalue weighted by Crippen LogP contribution is -2.44. The molecular formula is C16H16ClN2O8PS. The molecule has 2 aliphatic heterocycles. The lowest BCUT2D eigenvalue weighted by molar-refractivity contribution is -0.349. The molecule has 0 spiro atoms. The summed E-state index contributed by atoms with van der Waals surface area (Å²) in [5.41, 5.74) is 0.174. The first-order valence-corrected chi connectivity index (χ1v) is 10.7. The van der Waals surface area contributed by atoms with Gasteiger partial charge in [-0.3, -0.25) is 18.9 Å². The Bertz CT molecular complexity index is 1100. The van der Waals surface area contributed by atoms with Crippen LogP contribution in [0.2, 0.25) is 5.02 Å². The van der Waals surface area contributed by atoms with Crippen molar-refractivity contribution in [2.75, 3.05) is 0 Å². The number of nitrogens with one attached hydrogen (secondary N) is 1. The maximum atomic E-state index is 12.8. The van der Waals surface area contributed by atoms with Crippen molar-refractivity contribution in [2.45, 2.75) is 37.8 Å². The highest BCUT2D eigenvalue weighted by atomic mass is 35.5. The zero-order valence-corrected chi connectivity index (χ0v) is 17.2. The average Bonchev–Trinajstić information content (AvgIpc) is 3.12. The number of aromatic amines is 1. The fourth-order valence-electron chi connectivity index (χ4n) is 3.07. The van der Waals surface area contributed by atoms with Gasteiger partial charge in [-0.2, -0.15) is 0 Å². The number of ether oxygens (including phenoxy) is 1. The lowest BCUT2D eigenvalue weighted by atomic mass is 10.2. The van der Waals surface area contributed by atoms with E-state index in [1.165, 1.54) is 29.0 Å². The number of hydrogen-bond donors (Lipinski definition) is 3. The Morgan fingerprint density at radius 2 is 2.14 bits per heavy atom. The molecule has 3 N–H and O–H groups in total. The molecule has 0 amide bonds. The Kier molecular flexibility index (Phi) is 5.43. The van der Waals surface area contributed by atoms with Crippen LogP contribution in [0, 0.1) is 4.77 Å². The predicted molar refractivity (Wildman–Crippen MR) is 102 cm³/mol. The van der Waals surface area contributed by atoms with Gasteiger partial charge in [0.25, 0.3) is 5.56 Å². The Morgan fingerprint density at radius 1 is 1.34 bits per heavy atom. The number of aliphatic hydroxyl groups is 2. The molecule has 4 rings (SSSR count). The number of nitrogens with zero attached hydrogens (tertiary/aromatic N) is 1. The Morgan fingerprint density at radius 3 is 2.90 bits per heavy atom. The molecule has 1 aromatic heterocycles. The van der Waals surface area contributed by atoms with E-state index in [4.69, 9.17) is 42.1 Å². The van der Waals surface area contributed by atoms with E-state index in [1.54, 1.807) is 6.07 Å². The van der Waals surface area contributed by atoms with Crippen LogP contribution >= 0.6 is 31.6 Å². The minimum atomic E-state index is -4.34. The molecule has 10 nitrogen and oxygen atoms in total. The Balaban J connectivity index is 1.48. The summed E-state index contributed by atoms with van der Waals surface area (Å²) in [7, 11) is -4.34. The van der Waals surface area contributed by atoms with Crippen molar-refractivity contribution in [1.29, 1.82) is 0 Å². The van der Waals surface area contributed by atoms with Crippen LogP contribution in [0.1, 0.15) is 24.6 Å². The number of H-pyrrole nitrogens is 1. The summed E-state index contributed by atoms with van der Waals surface area (Å²) >= 11 is 11.0. The number of benzene rings is 1. The predicted octanol–water partition coefficient (Wildman–Crippen LogP) is 2.61. The van der Waals surface area contributed by atoms with Crippen LogP contribution in [-0.4, -0.2) is 31.8 Å². The molecule has 0 bridgehead atoms. The standard InChI is InChI=1S/C16H16ClN2O8PS/c17-10-1-2-11-9(7-10)8-24-28(23,26-11)27-16(21,22)12-3-4-14(25-12)19-6-5-13(20)18-15(19)29/h1-2,5-7,12,14,21-22H,3-4,8H2,(H,18,20,29). The lowest BCUT2D eigenvalue weighted by Gasteiger charge is -2.32. The summed E-state index contributed by atoms with van der Waals surface area (Å²) in [6.07, 6.45) is -0.0344. The van der Waals surface area contributed by atoms with E-state index < -0.39 is 26.1 Å². The number of phosphoric acid groups is 1. The van der Waals surface area contributed by atoms with E-state index in [-0.39, 0.29) is 29.1 Å². The summed E-state index contributed by atoms with van der Waals surface area (Å²) in [6.45, 7) is -0.149. The monoisotopic (exact) mass is 462 g/mol. The Hall–Kier alpha value is -1.56. The van der Waals surface area contributed by atoms with Gasteiger partial charge < -0.3 is 19.5 Å². The summed E-state index contributed by atoms with van der Waals surface area (Å²) in [5.74, 6) is -2.76. The fourth-order valence-corrected chi connectivity index (χ4v) is 4.85. The molecule has 0 saturated carbocycles. The molecular weight excluding hydrogens is 447 g/mol. The van der Waals surface area contributed by atoms with Crippen LogP contribution in [0.25, 0.3) is 0 Å². The molecule has 0 aliphatic carbocycles. The second-order valence-corrected chi connectivity index (χ2v) is 8.83. The van der Waals surface area contributed by atoms with Crippen LogP contribution in [0.5, 0.6) is 5.75 Å². The molecule has 1 fully saturated rings. The maximum Gasteiger partial charge on any atom is 0.534 e. The number of rotatable bonds is 4. The zero-order chi connectivity index (χ0) is 20.8. The van der Waals surface area contributed by atoms with Gasteiger partial charge in [-0.05, 0) is 43.3 Å². The van der Waals surface area contributed by atoms with Crippen LogP contribution in [0.3, 0.4) is 0 Å². The van der Waals surface area contributed by atoms with Gasteiger partial charge >= 0.3 is 13.8 Å². The minimum Gasteiger partial charge on any atom is -0.404 e. The van der Waals surface area contributed by atoms with E-state index in [1.807, 2.05) is 0 Å². The summed E-state index contributed by atoms with van der Waals surface area (Å²) in [5, 5.41) is 21.2. The van der Waals surface area contributed by atoms with Gasteiger partial charge in [-0.15, -0.1) is 0 Å². The van der Waals surface area contributed by atoms with Gasteiger partial charge in [0.05, 0.1) is 6.61 Å². The van der Waals surface area contributed by atoms with E-state index in [0.717, 1.165) is 0 Å². The fraction of sp³-hybridized carbons (Fsp3) is 0.375. The smallest absolute Gasteiger partial charge is 0.404 e. The van der Waals surface area contributed by atoms with Gasteiger partial charge in [-0.25, -0.2) is 9.09 Å². The average molecular weight is 463 g/mol. The molecule has 3 unspecified atom stereocenters. The third kappa shape index (κ3) is 4.32. The SMILES string of the molecule is O=c1ccn(C2CCC(C(O)(O)OP3(=O)OCc4cc(Cl)ccc4O3)O2)c(=S)[nH]1. The van der Waals surface area contributed by atoms with E-state index >= 15 is 0 Å². The molecule has 2 aromatic rings. The van der Waals surface area contributed by atoms with Crippen molar-refractivity contribution < 1.29 is 33.1 Å². The third-order valence-electron chi connectivity index (χ3n) is 4.44. The van der Waals surface area contributed by atoms with Crippen molar-refractivity contribution in [1.82, 2.24) is 9.55 Å². The summed E-state index contributed by atoms with van der Waals surface area (Å²) in [6, 6.07) is 5.84. The molecule has 2 aliphatic rings. The molecule has 1 aromatic carbocycles. The first kappa shape index (κ1) is 20.7. The minimum absolute atomic E-state index is 0.118. The van der Waals surface area contributed by atoms with Gasteiger partial charge in [0.2, 0.25) is 0 Å². The van der Waals surface area contributed by atoms with Gasteiger partial charge in [0.15, 0.2) is 4.77 Å². The molecule has 156 valence electrons. The second kappa shape index (κ2) is 7.60. The molecule has 29 heavy (non-hydrogen) atoms. The molecule has 3 atom stereocenters. The van der Waals surface area contributed by atoms with E-state index in [2.05, 4.69) is 4.98 Å². The van der Waals surface area contributed by atoms with Crippen molar-refractivity contribution in [3.05, 3.63) is 56.2 Å². The quantitative estimate of drug-likeness (QED) is 0.356. The van der Waals surface area contributed by atoms with Crippen molar-refractivity contribution in [3.8, 4) is 5.75 Å². The summed E-state index contributed by atoms with van der Waals surface area (Å²) in [4.78, 5) is 13.7. The number of aromatic nitrogens is 2. The molecule has 1 saturated heterocycles. The van der Waals surface area contributed by atoms with Crippen LogP contribution in [0.15, 0.2) is 35.3 Å². The first-order valence-electron chi connectivity index (χ1n) is 8.50. The topological polar surface area (TPSA) is 132 Å². The maximum absolute atomic E-state index is 12.8.